The molecular weight excluding hydrogens is 240 g/mol. The molecule has 0 atom stereocenters. The second-order valence-electron chi connectivity index (χ2n) is 5.83. The highest BCUT2D eigenvalue weighted by atomic mass is 16.2. The van der Waals surface area contributed by atoms with Gasteiger partial charge in [-0.05, 0) is 30.9 Å². The average Bonchev–Trinajstić information content (AvgIpc) is 2.27. The first-order chi connectivity index (χ1) is 8.78. The zero-order chi connectivity index (χ0) is 14.5. The predicted molar refractivity (Wildman–Crippen MR) is 77.5 cm³/mol. The minimum atomic E-state index is -0.245. The fourth-order valence-corrected chi connectivity index (χ4v) is 1.54. The van der Waals surface area contributed by atoms with Gasteiger partial charge in [-0.3, -0.25) is 4.79 Å². The number of carbonyl (C=O) groups excluding carboxylic acids is 2. The molecule has 0 saturated carbocycles. The number of urea groups is 1. The highest BCUT2D eigenvalue weighted by Gasteiger charge is 2.10. The lowest BCUT2D eigenvalue weighted by atomic mass is 9.92. The Bertz CT molecular complexity index is 461. The first kappa shape index (κ1) is 15.2. The van der Waals surface area contributed by atoms with Crippen LogP contribution < -0.4 is 10.6 Å². The summed E-state index contributed by atoms with van der Waals surface area (Å²) in [5.74, 6) is -0.0169. The molecule has 0 heterocycles. The Kier molecular flexibility index (Phi) is 5.10. The van der Waals surface area contributed by atoms with Gasteiger partial charge in [0, 0.05) is 17.8 Å². The smallest absolute Gasteiger partial charge is 0.319 e. The largest absolute Gasteiger partial charge is 0.338 e. The Hall–Kier alpha value is -1.84. The number of Topliss-reactive ketones (excluding diaryl/α,β-unsaturated/α-hetero) is 1. The van der Waals surface area contributed by atoms with Gasteiger partial charge in [0.15, 0.2) is 5.78 Å². The lowest BCUT2D eigenvalue weighted by molar-refractivity contribution is 0.101. The summed E-state index contributed by atoms with van der Waals surface area (Å²) < 4.78 is 0. The molecule has 104 valence electrons. The number of benzene rings is 1. The van der Waals surface area contributed by atoms with Crippen molar-refractivity contribution in [1.82, 2.24) is 5.32 Å². The van der Waals surface area contributed by atoms with Gasteiger partial charge in [-0.15, -0.1) is 0 Å². The van der Waals surface area contributed by atoms with E-state index in [0.29, 0.717) is 17.8 Å². The average molecular weight is 262 g/mol. The van der Waals surface area contributed by atoms with Crippen molar-refractivity contribution < 1.29 is 9.59 Å². The van der Waals surface area contributed by atoms with Crippen molar-refractivity contribution in [2.45, 2.75) is 34.1 Å². The van der Waals surface area contributed by atoms with Gasteiger partial charge in [-0.1, -0.05) is 32.9 Å². The van der Waals surface area contributed by atoms with E-state index in [9.17, 15) is 9.59 Å². The summed E-state index contributed by atoms with van der Waals surface area (Å²) in [6.45, 7) is 8.51. The standard InChI is InChI=1S/C15H22N2O2/c1-11(18)12-6-5-7-13(10-12)17-14(19)16-9-8-15(2,3)4/h5-7,10H,8-9H2,1-4H3,(H2,16,17,19). The first-order valence-corrected chi connectivity index (χ1v) is 6.44. The van der Waals surface area contributed by atoms with E-state index in [1.165, 1.54) is 6.92 Å². The molecule has 0 aliphatic rings. The van der Waals surface area contributed by atoms with Crippen molar-refractivity contribution in [1.29, 1.82) is 0 Å². The summed E-state index contributed by atoms with van der Waals surface area (Å²) in [6, 6.07) is 6.67. The molecule has 1 rings (SSSR count). The minimum Gasteiger partial charge on any atom is -0.338 e. The van der Waals surface area contributed by atoms with E-state index in [1.54, 1.807) is 24.3 Å². The Balaban J connectivity index is 2.48. The van der Waals surface area contributed by atoms with E-state index in [1.807, 2.05) is 0 Å². The zero-order valence-electron chi connectivity index (χ0n) is 12.0. The van der Waals surface area contributed by atoms with Crippen LogP contribution in [0.5, 0.6) is 0 Å². The third kappa shape index (κ3) is 6.04. The number of carbonyl (C=O) groups is 2. The Morgan fingerprint density at radius 3 is 2.47 bits per heavy atom. The fraction of sp³-hybridized carbons (Fsp3) is 0.467. The van der Waals surface area contributed by atoms with Gasteiger partial charge in [-0.2, -0.15) is 0 Å². The van der Waals surface area contributed by atoms with E-state index in [0.717, 1.165) is 6.42 Å². The van der Waals surface area contributed by atoms with E-state index in [2.05, 4.69) is 31.4 Å². The number of hydrogen-bond donors (Lipinski definition) is 2. The lowest BCUT2D eigenvalue weighted by Crippen LogP contribution is -2.31. The highest BCUT2D eigenvalue weighted by Crippen LogP contribution is 2.17. The Morgan fingerprint density at radius 2 is 1.89 bits per heavy atom. The van der Waals surface area contributed by atoms with Crippen molar-refractivity contribution in [2.24, 2.45) is 5.41 Å². The number of nitrogens with one attached hydrogen (secondary N) is 2. The minimum absolute atomic E-state index is 0.0169. The molecule has 0 aliphatic heterocycles. The third-order valence-corrected chi connectivity index (χ3v) is 2.69. The number of amides is 2. The number of anilines is 1. The van der Waals surface area contributed by atoms with Gasteiger partial charge in [0.2, 0.25) is 0 Å². The fourth-order valence-electron chi connectivity index (χ4n) is 1.54. The molecule has 2 N–H and O–H groups in total. The monoisotopic (exact) mass is 262 g/mol. The van der Waals surface area contributed by atoms with E-state index >= 15 is 0 Å². The summed E-state index contributed by atoms with van der Waals surface area (Å²) in [5.41, 5.74) is 1.41. The summed E-state index contributed by atoms with van der Waals surface area (Å²) >= 11 is 0. The van der Waals surface area contributed by atoms with Crippen molar-refractivity contribution in [3.05, 3.63) is 29.8 Å². The van der Waals surface area contributed by atoms with Crippen LogP contribution in [0.3, 0.4) is 0 Å². The molecule has 4 nitrogen and oxygen atoms in total. The second-order valence-corrected chi connectivity index (χ2v) is 5.83. The van der Waals surface area contributed by atoms with E-state index in [-0.39, 0.29) is 17.2 Å². The van der Waals surface area contributed by atoms with Crippen molar-refractivity contribution in [3.63, 3.8) is 0 Å². The van der Waals surface area contributed by atoms with E-state index in [4.69, 9.17) is 0 Å². The van der Waals surface area contributed by atoms with Gasteiger partial charge >= 0.3 is 6.03 Å². The predicted octanol–water partition coefficient (Wildman–Crippen LogP) is 3.45. The summed E-state index contributed by atoms with van der Waals surface area (Å²) in [7, 11) is 0. The van der Waals surface area contributed by atoms with Gasteiger partial charge in [0.1, 0.15) is 0 Å². The molecule has 0 radical (unpaired) electrons. The van der Waals surface area contributed by atoms with Crippen molar-refractivity contribution in [2.75, 3.05) is 11.9 Å². The molecule has 0 unspecified atom stereocenters. The van der Waals surface area contributed by atoms with Crippen molar-refractivity contribution in [3.8, 4) is 0 Å². The van der Waals surface area contributed by atoms with Gasteiger partial charge < -0.3 is 10.6 Å². The molecule has 0 bridgehead atoms. The van der Waals surface area contributed by atoms with Crippen LogP contribution in [0.1, 0.15) is 44.5 Å². The highest BCUT2D eigenvalue weighted by molar-refractivity contribution is 5.96. The maximum atomic E-state index is 11.7. The van der Waals surface area contributed by atoms with Crippen LogP contribution in [0.4, 0.5) is 10.5 Å². The summed E-state index contributed by atoms with van der Waals surface area (Å²) in [5, 5.41) is 5.52. The molecular formula is C15H22N2O2. The van der Waals surface area contributed by atoms with Crippen LogP contribution in [-0.4, -0.2) is 18.4 Å². The van der Waals surface area contributed by atoms with Gasteiger partial charge in [-0.25, -0.2) is 4.79 Å². The maximum absolute atomic E-state index is 11.7. The number of hydrogen-bond acceptors (Lipinski definition) is 2. The third-order valence-electron chi connectivity index (χ3n) is 2.69. The van der Waals surface area contributed by atoms with Gasteiger partial charge in [0.25, 0.3) is 0 Å². The quantitative estimate of drug-likeness (QED) is 0.816. The first-order valence-electron chi connectivity index (χ1n) is 6.44. The number of ketones is 1. The molecule has 1 aromatic carbocycles. The lowest BCUT2D eigenvalue weighted by Gasteiger charge is -2.18. The summed E-state index contributed by atoms with van der Waals surface area (Å²) in [6.07, 6.45) is 0.911. The molecule has 4 heteroatoms. The second kappa shape index (κ2) is 6.36. The molecule has 0 fully saturated rings. The Labute approximate surface area is 114 Å². The van der Waals surface area contributed by atoms with Crippen LogP contribution in [0.2, 0.25) is 0 Å². The maximum Gasteiger partial charge on any atom is 0.319 e. The van der Waals surface area contributed by atoms with Crippen LogP contribution in [0, 0.1) is 5.41 Å². The molecule has 1 aromatic rings. The normalized spacial score (nSPS) is 10.9. The van der Waals surface area contributed by atoms with Crippen molar-refractivity contribution >= 4 is 17.5 Å². The molecule has 0 saturated heterocycles. The van der Waals surface area contributed by atoms with Crippen LogP contribution >= 0.6 is 0 Å². The number of rotatable bonds is 4. The molecule has 0 spiro atoms. The van der Waals surface area contributed by atoms with Crippen LogP contribution in [0.25, 0.3) is 0 Å². The van der Waals surface area contributed by atoms with Crippen LogP contribution in [-0.2, 0) is 0 Å². The zero-order valence-corrected chi connectivity index (χ0v) is 12.0. The SMILES string of the molecule is CC(=O)c1cccc(NC(=O)NCCC(C)(C)C)c1. The van der Waals surface area contributed by atoms with Crippen LogP contribution in [0.15, 0.2) is 24.3 Å². The van der Waals surface area contributed by atoms with Gasteiger partial charge in [0.05, 0.1) is 0 Å². The molecule has 0 aliphatic carbocycles. The Morgan fingerprint density at radius 1 is 1.21 bits per heavy atom. The molecule has 0 aromatic heterocycles. The summed E-state index contributed by atoms with van der Waals surface area (Å²) in [4.78, 5) is 22.9. The molecule has 19 heavy (non-hydrogen) atoms. The molecule has 2 amide bonds. The topological polar surface area (TPSA) is 58.2 Å². The van der Waals surface area contributed by atoms with E-state index < -0.39 is 0 Å².